The first kappa shape index (κ1) is 16.0. The van der Waals surface area contributed by atoms with Gasteiger partial charge < -0.3 is 13.6 Å². The van der Waals surface area contributed by atoms with Gasteiger partial charge in [-0.15, -0.1) is 0 Å². The summed E-state index contributed by atoms with van der Waals surface area (Å²) in [4.78, 5) is 12.4. The number of rotatable bonds is 3. The first-order valence-corrected chi connectivity index (χ1v) is 8.63. The van der Waals surface area contributed by atoms with Gasteiger partial charge in [-0.1, -0.05) is 0 Å². The SMILES string of the molecule is CC1(C)C=Cc2c(ccc3cc(C(=O)/C=C/c4ccc(Br)o4)oc23)O1. The van der Waals surface area contributed by atoms with Crippen molar-refractivity contribution in [3.8, 4) is 5.75 Å². The normalized spacial score (nSPS) is 15.5. The van der Waals surface area contributed by atoms with Crippen LogP contribution in [0.2, 0.25) is 0 Å². The monoisotopic (exact) mass is 398 g/mol. The van der Waals surface area contributed by atoms with E-state index >= 15 is 0 Å². The van der Waals surface area contributed by atoms with Crippen LogP contribution in [0, 0.1) is 0 Å². The fourth-order valence-corrected chi connectivity index (χ4v) is 3.05. The molecule has 1 aliphatic rings. The molecule has 4 nitrogen and oxygen atoms in total. The molecule has 1 aliphatic heterocycles. The van der Waals surface area contributed by atoms with Crippen molar-refractivity contribution < 1.29 is 18.4 Å². The van der Waals surface area contributed by atoms with E-state index < -0.39 is 0 Å². The van der Waals surface area contributed by atoms with Gasteiger partial charge in [0.1, 0.15) is 22.7 Å². The van der Waals surface area contributed by atoms with Crippen molar-refractivity contribution in [2.24, 2.45) is 0 Å². The van der Waals surface area contributed by atoms with Crippen LogP contribution in [0.3, 0.4) is 0 Å². The second kappa shape index (κ2) is 5.77. The molecule has 3 aromatic rings. The molecule has 2 aromatic heterocycles. The maximum absolute atomic E-state index is 12.4. The van der Waals surface area contributed by atoms with E-state index in [4.69, 9.17) is 13.6 Å². The van der Waals surface area contributed by atoms with Crippen LogP contribution in [-0.4, -0.2) is 11.4 Å². The summed E-state index contributed by atoms with van der Waals surface area (Å²) in [6, 6.07) is 9.09. The van der Waals surface area contributed by atoms with Crippen molar-refractivity contribution in [1.29, 1.82) is 0 Å². The summed E-state index contributed by atoms with van der Waals surface area (Å²) in [5.41, 5.74) is 1.16. The number of ketones is 1. The number of carbonyl (C=O) groups is 1. The van der Waals surface area contributed by atoms with Crippen molar-refractivity contribution in [3.05, 3.63) is 64.2 Å². The third-order valence-electron chi connectivity index (χ3n) is 3.95. The van der Waals surface area contributed by atoms with E-state index in [0.717, 1.165) is 16.7 Å². The summed E-state index contributed by atoms with van der Waals surface area (Å²) in [6.45, 7) is 3.98. The number of fused-ring (bicyclic) bond motifs is 3. The van der Waals surface area contributed by atoms with Crippen molar-refractivity contribution >= 4 is 44.8 Å². The minimum absolute atomic E-state index is 0.224. The van der Waals surface area contributed by atoms with Gasteiger partial charge in [0, 0.05) is 5.39 Å². The summed E-state index contributed by atoms with van der Waals surface area (Å²) >= 11 is 3.23. The Balaban J connectivity index is 1.68. The highest BCUT2D eigenvalue weighted by Gasteiger charge is 2.24. The minimum atomic E-state index is -0.355. The Hall–Kier alpha value is -2.53. The van der Waals surface area contributed by atoms with E-state index in [2.05, 4.69) is 15.9 Å². The van der Waals surface area contributed by atoms with Crippen LogP contribution in [0.4, 0.5) is 0 Å². The lowest BCUT2D eigenvalue weighted by Gasteiger charge is -2.27. The number of hydrogen-bond acceptors (Lipinski definition) is 4. The van der Waals surface area contributed by atoms with Crippen molar-refractivity contribution in [1.82, 2.24) is 0 Å². The van der Waals surface area contributed by atoms with E-state index in [-0.39, 0.29) is 17.1 Å². The predicted octanol–water partition coefficient (Wildman–Crippen LogP) is 5.87. The van der Waals surface area contributed by atoms with Crippen molar-refractivity contribution in [3.63, 3.8) is 0 Å². The van der Waals surface area contributed by atoms with Crippen molar-refractivity contribution in [2.75, 3.05) is 0 Å². The molecule has 0 bridgehead atoms. The molecule has 4 rings (SSSR count). The molecule has 0 atom stereocenters. The van der Waals surface area contributed by atoms with Crippen LogP contribution in [0.1, 0.15) is 35.7 Å². The molecule has 25 heavy (non-hydrogen) atoms. The largest absolute Gasteiger partial charge is 0.483 e. The highest BCUT2D eigenvalue weighted by atomic mass is 79.9. The molecular weight excluding hydrogens is 384 g/mol. The van der Waals surface area contributed by atoms with Gasteiger partial charge in [-0.25, -0.2) is 0 Å². The minimum Gasteiger partial charge on any atom is -0.483 e. The van der Waals surface area contributed by atoms with E-state index in [0.29, 0.717) is 16.0 Å². The highest BCUT2D eigenvalue weighted by molar-refractivity contribution is 9.10. The van der Waals surface area contributed by atoms with Crippen LogP contribution >= 0.6 is 15.9 Å². The number of hydrogen-bond donors (Lipinski definition) is 0. The zero-order valence-corrected chi connectivity index (χ0v) is 15.3. The van der Waals surface area contributed by atoms with Gasteiger partial charge in [0.15, 0.2) is 10.4 Å². The smallest absolute Gasteiger partial charge is 0.221 e. The van der Waals surface area contributed by atoms with Crippen LogP contribution in [0.5, 0.6) is 5.75 Å². The molecule has 0 unspecified atom stereocenters. The molecule has 5 heteroatoms. The molecule has 0 N–H and O–H groups in total. The molecule has 0 saturated heterocycles. The van der Waals surface area contributed by atoms with Gasteiger partial charge in [0.2, 0.25) is 5.78 Å². The lowest BCUT2D eigenvalue weighted by atomic mass is 10.0. The molecule has 0 spiro atoms. The number of carbonyl (C=O) groups excluding carboxylic acids is 1. The number of halogens is 1. The van der Waals surface area contributed by atoms with Crippen LogP contribution in [0.15, 0.2) is 56.0 Å². The summed E-state index contributed by atoms with van der Waals surface area (Å²) in [6.07, 6.45) is 7.01. The van der Waals surface area contributed by atoms with E-state index in [1.54, 1.807) is 24.3 Å². The van der Waals surface area contributed by atoms with Crippen LogP contribution in [0.25, 0.3) is 23.1 Å². The summed E-state index contributed by atoms with van der Waals surface area (Å²) in [5, 5.41) is 0.865. The average Bonchev–Trinajstić information content (AvgIpc) is 3.17. The lowest BCUT2D eigenvalue weighted by molar-refractivity contribution is 0.102. The predicted molar refractivity (Wildman–Crippen MR) is 99.7 cm³/mol. The Labute approximate surface area is 152 Å². The molecule has 0 amide bonds. The molecular formula is C20H15BrO4. The Morgan fingerprint density at radius 2 is 2.00 bits per heavy atom. The van der Waals surface area contributed by atoms with Gasteiger partial charge in [-0.05, 0) is 84.4 Å². The van der Waals surface area contributed by atoms with Gasteiger partial charge >= 0.3 is 0 Å². The number of ether oxygens (including phenoxy) is 1. The van der Waals surface area contributed by atoms with Gasteiger partial charge in [0.25, 0.3) is 0 Å². The zero-order valence-electron chi connectivity index (χ0n) is 13.7. The second-order valence-electron chi connectivity index (χ2n) is 6.38. The maximum Gasteiger partial charge on any atom is 0.221 e. The third-order valence-corrected chi connectivity index (χ3v) is 4.37. The Kier molecular flexibility index (Phi) is 3.69. The first-order valence-electron chi connectivity index (χ1n) is 7.84. The molecule has 0 saturated carbocycles. The van der Waals surface area contributed by atoms with E-state index in [1.165, 1.54) is 6.08 Å². The number of furan rings is 2. The molecule has 126 valence electrons. The fourth-order valence-electron chi connectivity index (χ4n) is 2.73. The first-order chi connectivity index (χ1) is 11.9. The Morgan fingerprint density at radius 3 is 2.76 bits per heavy atom. The zero-order chi connectivity index (χ0) is 17.6. The van der Waals surface area contributed by atoms with Gasteiger partial charge in [-0.2, -0.15) is 0 Å². The van der Waals surface area contributed by atoms with Crippen molar-refractivity contribution in [2.45, 2.75) is 19.4 Å². The van der Waals surface area contributed by atoms with E-state index in [1.807, 2.05) is 38.1 Å². The van der Waals surface area contributed by atoms with Crippen LogP contribution in [-0.2, 0) is 0 Å². The Bertz CT molecular complexity index is 1030. The van der Waals surface area contributed by atoms with Gasteiger partial charge in [-0.3, -0.25) is 4.79 Å². The standard InChI is InChI=1S/C20H15BrO4/c1-20(2)10-9-14-16(25-20)7-3-12-11-17(24-19(12)14)15(22)6-4-13-5-8-18(21)23-13/h3-11H,1-2H3/b6-4+. The summed E-state index contributed by atoms with van der Waals surface area (Å²) in [7, 11) is 0. The molecule has 0 fully saturated rings. The maximum atomic E-state index is 12.4. The molecule has 1 aromatic carbocycles. The number of allylic oxidation sites excluding steroid dienone is 1. The third kappa shape index (κ3) is 3.07. The van der Waals surface area contributed by atoms with Crippen LogP contribution < -0.4 is 4.74 Å². The summed E-state index contributed by atoms with van der Waals surface area (Å²) < 4.78 is 17.7. The lowest BCUT2D eigenvalue weighted by Crippen LogP contribution is -2.27. The number of benzene rings is 1. The molecule has 3 heterocycles. The molecule has 0 aliphatic carbocycles. The summed E-state index contributed by atoms with van der Waals surface area (Å²) in [5.74, 6) is 1.40. The average molecular weight is 399 g/mol. The topological polar surface area (TPSA) is 52.6 Å². The van der Waals surface area contributed by atoms with E-state index in [9.17, 15) is 4.79 Å². The highest BCUT2D eigenvalue weighted by Crippen LogP contribution is 2.37. The fraction of sp³-hybridized carbons (Fsp3) is 0.150. The Morgan fingerprint density at radius 1 is 1.16 bits per heavy atom. The quantitative estimate of drug-likeness (QED) is 0.408. The molecule has 0 radical (unpaired) electrons. The second-order valence-corrected chi connectivity index (χ2v) is 7.17. The van der Waals surface area contributed by atoms with Gasteiger partial charge in [0.05, 0.1) is 5.56 Å².